The predicted octanol–water partition coefficient (Wildman–Crippen LogP) is 22.9. The van der Waals surface area contributed by atoms with E-state index in [1.807, 2.05) is 27.2 Å². The van der Waals surface area contributed by atoms with Gasteiger partial charge in [-0.05, 0) is 89.9 Å². The first-order valence-electron chi connectivity index (χ1n) is 35.6. The fraction of sp³-hybridized carbons (Fsp3) is 0.773. The minimum Gasteiger partial charge on any atom is -0.387 e. The molecule has 0 aromatic heterocycles. The van der Waals surface area contributed by atoms with E-state index in [1.165, 1.54) is 225 Å². The third kappa shape index (κ3) is 66.9. The third-order valence-electron chi connectivity index (χ3n) is 15.8. The molecule has 0 saturated carbocycles. The highest BCUT2D eigenvalue weighted by Crippen LogP contribution is 2.43. The molecule has 3 unspecified atom stereocenters. The summed E-state index contributed by atoms with van der Waals surface area (Å²) >= 11 is 0. The maximum Gasteiger partial charge on any atom is 0.472 e. The van der Waals surface area contributed by atoms with Crippen molar-refractivity contribution in [2.24, 2.45) is 0 Å². The van der Waals surface area contributed by atoms with Crippen LogP contribution in [-0.2, 0) is 18.4 Å². The van der Waals surface area contributed by atoms with Gasteiger partial charge in [-0.1, -0.05) is 323 Å². The van der Waals surface area contributed by atoms with Crippen molar-refractivity contribution >= 4 is 13.7 Å². The van der Waals surface area contributed by atoms with Gasteiger partial charge in [-0.25, -0.2) is 4.57 Å². The maximum absolute atomic E-state index is 13.1. The van der Waals surface area contributed by atoms with E-state index in [0.717, 1.165) is 77.0 Å². The van der Waals surface area contributed by atoms with Crippen molar-refractivity contribution in [1.82, 2.24) is 5.32 Å². The lowest BCUT2D eigenvalue weighted by atomic mass is 10.0. The van der Waals surface area contributed by atoms with Crippen LogP contribution in [0.1, 0.15) is 322 Å². The summed E-state index contributed by atoms with van der Waals surface area (Å²) in [4.78, 5) is 23.4. The summed E-state index contributed by atoms with van der Waals surface area (Å²) in [6, 6.07) is -0.877. The van der Waals surface area contributed by atoms with Crippen LogP contribution in [0.2, 0.25) is 0 Å². The zero-order valence-corrected chi connectivity index (χ0v) is 56.8. The molecule has 9 heteroatoms. The highest BCUT2D eigenvalue weighted by Gasteiger charge is 2.28. The van der Waals surface area contributed by atoms with E-state index in [-0.39, 0.29) is 19.1 Å². The summed E-state index contributed by atoms with van der Waals surface area (Å²) in [7, 11) is 1.55. The van der Waals surface area contributed by atoms with E-state index in [9.17, 15) is 19.4 Å². The molecule has 0 heterocycles. The van der Waals surface area contributed by atoms with Gasteiger partial charge in [-0.2, -0.15) is 0 Å². The monoisotopic (exact) mass is 1190 g/mol. The van der Waals surface area contributed by atoms with Crippen molar-refractivity contribution in [2.75, 3.05) is 40.9 Å². The zero-order valence-electron chi connectivity index (χ0n) is 55.9. The summed E-state index contributed by atoms with van der Waals surface area (Å²) < 4.78 is 23.8. The van der Waals surface area contributed by atoms with Gasteiger partial charge in [0.15, 0.2) is 0 Å². The molecule has 0 aliphatic heterocycles. The fourth-order valence-corrected chi connectivity index (χ4v) is 11.0. The number of amides is 1. The van der Waals surface area contributed by atoms with Crippen molar-refractivity contribution in [1.29, 1.82) is 0 Å². The fourth-order valence-electron chi connectivity index (χ4n) is 10.3. The first-order chi connectivity index (χ1) is 41.0. The number of aliphatic hydroxyl groups excluding tert-OH is 1. The average Bonchev–Trinajstić information content (AvgIpc) is 3.56. The smallest absolute Gasteiger partial charge is 0.387 e. The Labute approximate surface area is 521 Å². The van der Waals surface area contributed by atoms with Gasteiger partial charge in [0.1, 0.15) is 13.2 Å². The molecule has 0 bridgehead atoms. The molecule has 0 saturated heterocycles. The predicted molar refractivity (Wildman–Crippen MR) is 369 cm³/mol. The van der Waals surface area contributed by atoms with Gasteiger partial charge < -0.3 is 19.8 Å². The molecule has 0 rings (SSSR count). The van der Waals surface area contributed by atoms with Crippen LogP contribution in [-0.4, -0.2) is 73.4 Å². The number of aliphatic hydroxyl groups is 1. The largest absolute Gasteiger partial charge is 0.472 e. The molecule has 8 nitrogen and oxygen atoms in total. The first-order valence-corrected chi connectivity index (χ1v) is 37.1. The Hall–Kier alpha value is -2.58. The molecule has 1 amide bonds. The molecule has 3 atom stereocenters. The molecule has 0 spiro atoms. The average molecular weight is 1190 g/mol. The van der Waals surface area contributed by atoms with E-state index >= 15 is 0 Å². The van der Waals surface area contributed by atoms with Gasteiger partial charge >= 0.3 is 7.82 Å². The van der Waals surface area contributed by atoms with E-state index < -0.39 is 20.0 Å². The lowest BCUT2D eigenvalue weighted by Gasteiger charge is -2.25. The molecular weight excluding hydrogens is 1060 g/mol. The number of hydrogen-bond acceptors (Lipinski definition) is 5. The minimum absolute atomic E-state index is 0.0505. The second-order valence-electron chi connectivity index (χ2n) is 25.2. The van der Waals surface area contributed by atoms with Gasteiger partial charge in [-0.3, -0.25) is 13.8 Å². The Morgan fingerprint density at radius 3 is 1.10 bits per heavy atom. The molecular formula is C75H138N2O6P+. The molecule has 0 aliphatic carbocycles. The van der Waals surface area contributed by atoms with Crippen LogP contribution in [0.25, 0.3) is 0 Å². The standard InChI is InChI=1S/C75H137N2O6P/c1-6-8-10-12-14-16-18-20-22-24-26-28-30-32-34-36-38-40-42-44-46-48-50-52-54-56-58-60-62-64-66-68-74(78)73(72-83-84(80,81)82-71-70-77(3,4)5)76-75(79)69-67-65-63-61-59-57-55-53-51-49-47-45-43-41-39-37-35-33-31-29-27-25-23-21-19-17-15-13-11-9-7-2/h9,11,15,17,21,23,27,29,33,35,50,52,58,60,66,68,73-74,78H,6-8,10,12-14,16,18-20,22,24-26,28,30-32,34,36-49,51,53-57,59,61-65,67,69-72H2,1-5H3,(H-,76,79,80,81)/p+1/b11-9-,17-15-,23-21-,29-27-,35-33-,52-50+,60-58+,68-66+. The van der Waals surface area contributed by atoms with Gasteiger partial charge in [0.05, 0.1) is 39.9 Å². The van der Waals surface area contributed by atoms with Crippen LogP contribution in [0.15, 0.2) is 97.2 Å². The lowest BCUT2D eigenvalue weighted by molar-refractivity contribution is -0.870. The third-order valence-corrected chi connectivity index (χ3v) is 16.7. The highest BCUT2D eigenvalue weighted by atomic mass is 31.2. The van der Waals surface area contributed by atoms with Crippen molar-refractivity contribution in [3.63, 3.8) is 0 Å². The molecule has 84 heavy (non-hydrogen) atoms. The molecule has 0 radical (unpaired) electrons. The second kappa shape index (κ2) is 64.9. The number of phosphoric acid groups is 1. The number of likely N-dealkylation sites (N-methyl/N-ethyl adjacent to an activating group) is 1. The van der Waals surface area contributed by atoms with Gasteiger partial charge in [-0.15, -0.1) is 0 Å². The van der Waals surface area contributed by atoms with E-state index in [1.54, 1.807) is 6.08 Å². The second-order valence-corrected chi connectivity index (χ2v) is 26.7. The highest BCUT2D eigenvalue weighted by molar-refractivity contribution is 7.47. The van der Waals surface area contributed by atoms with Gasteiger partial charge in [0, 0.05) is 6.42 Å². The number of nitrogens with zero attached hydrogens (tertiary/aromatic N) is 1. The quantitative estimate of drug-likeness (QED) is 0.0243. The summed E-state index contributed by atoms with van der Waals surface area (Å²) in [6.07, 6.45) is 94.2. The number of quaternary nitrogens is 1. The topological polar surface area (TPSA) is 105 Å². The number of phosphoric ester groups is 1. The summed E-state index contributed by atoms with van der Waals surface area (Å²) in [6.45, 7) is 4.70. The number of carbonyl (C=O) groups is 1. The van der Waals surface area contributed by atoms with Gasteiger partial charge in [0.25, 0.3) is 0 Å². The van der Waals surface area contributed by atoms with Crippen molar-refractivity contribution < 1.29 is 32.9 Å². The summed E-state index contributed by atoms with van der Waals surface area (Å²) in [5, 5.41) is 14.0. The Bertz CT molecular complexity index is 1690. The van der Waals surface area contributed by atoms with Crippen molar-refractivity contribution in [2.45, 2.75) is 334 Å². The normalized spacial score (nSPS) is 14.2. The lowest BCUT2D eigenvalue weighted by Crippen LogP contribution is -2.45. The van der Waals surface area contributed by atoms with Crippen LogP contribution in [0.3, 0.4) is 0 Å². The minimum atomic E-state index is -4.37. The number of allylic oxidation sites excluding steroid dienone is 15. The van der Waals surface area contributed by atoms with Crippen LogP contribution in [0, 0.1) is 0 Å². The number of nitrogens with one attached hydrogen (secondary N) is 1. The Balaban J connectivity index is 4.13. The Kier molecular flexibility index (Phi) is 62.9. The molecule has 0 aromatic rings. The summed E-state index contributed by atoms with van der Waals surface area (Å²) in [5.74, 6) is -0.191. The first kappa shape index (κ1) is 81.4. The zero-order chi connectivity index (χ0) is 61.2. The van der Waals surface area contributed by atoms with Crippen LogP contribution >= 0.6 is 7.82 Å². The van der Waals surface area contributed by atoms with Crippen LogP contribution < -0.4 is 5.32 Å². The van der Waals surface area contributed by atoms with E-state index in [4.69, 9.17) is 9.05 Å². The SMILES string of the molecule is CC/C=C\C/C=C\C/C=C\C/C=C\C/C=C\CCCCCCCCCCCCCCCCCC(=O)NC(COP(=O)(O)OCC[N+](C)(C)C)C(O)/C=C/CC/C=C/CC/C=C/CCCCCCCCCCCCCCCCCCCCCCC. The molecule has 0 fully saturated rings. The molecule has 488 valence electrons. The van der Waals surface area contributed by atoms with E-state index in [0.29, 0.717) is 17.4 Å². The van der Waals surface area contributed by atoms with E-state index in [2.05, 4.69) is 104 Å². The number of unbranched alkanes of at least 4 members (excludes halogenated alkanes) is 38. The molecule has 3 N–H and O–H groups in total. The van der Waals surface area contributed by atoms with Crippen LogP contribution in [0.5, 0.6) is 0 Å². The maximum atomic E-state index is 13.1. The Morgan fingerprint density at radius 1 is 0.417 bits per heavy atom. The Morgan fingerprint density at radius 2 is 0.726 bits per heavy atom. The van der Waals surface area contributed by atoms with Crippen molar-refractivity contribution in [3.05, 3.63) is 97.2 Å². The number of carbonyl (C=O) groups excluding carboxylic acids is 1. The number of hydrogen-bond donors (Lipinski definition) is 3. The van der Waals surface area contributed by atoms with Gasteiger partial charge in [0.2, 0.25) is 5.91 Å². The molecule has 0 aromatic carbocycles. The van der Waals surface area contributed by atoms with Crippen LogP contribution in [0.4, 0.5) is 0 Å². The molecule has 0 aliphatic rings. The summed E-state index contributed by atoms with van der Waals surface area (Å²) in [5.41, 5.74) is 0. The van der Waals surface area contributed by atoms with Crippen molar-refractivity contribution in [3.8, 4) is 0 Å². The number of rotatable bonds is 65.